The van der Waals surface area contributed by atoms with E-state index < -0.39 is 7.12 Å². The highest BCUT2D eigenvalue weighted by Gasteiger charge is 2.28. The lowest BCUT2D eigenvalue weighted by molar-refractivity contribution is -0.00865. The van der Waals surface area contributed by atoms with Gasteiger partial charge in [0.2, 0.25) is 0 Å². The van der Waals surface area contributed by atoms with E-state index in [0.29, 0.717) is 6.79 Å². The Morgan fingerprint density at radius 2 is 1.28 bits per heavy atom. The van der Waals surface area contributed by atoms with Gasteiger partial charge in [0.25, 0.3) is 0 Å². The van der Waals surface area contributed by atoms with E-state index >= 15 is 0 Å². The van der Waals surface area contributed by atoms with Crippen LogP contribution in [0.15, 0.2) is 0 Å². The molecule has 2 fully saturated rings. The molecule has 0 atom stereocenters. The lowest BCUT2D eigenvalue weighted by Gasteiger charge is -2.31. The first-order chi connectivity index (χ1) is 8.23. The van der Waals surface area contributed by atoms with Crippen molar-refractivity contribution in [2.45, 2.75) is 34.3 Å². The first-order valence-electron chi connectivity index (χ1n) is 6.05. The van der Waals surface area contributed by atoms with Crippen molar-refractivity contribution in [3.8, 4) is 0 Å². The normalized spacial score (nSPS) is 20.8. The molecule has 0 unspecified atom stereocenters. The molecule has 104 valence electrons. The van der Waals surface area contributed by atoms with Gasteiger partial charge in [-0.1, -0.05) is 13.8 Å². The molecule has 6 nitrogen and oxygen atoms in total. The summed E-state index contributed by atoms with van der Waals surface area (Å²) in [5, 5.41) is 15.2. The summed E-state index contributed by atoms with van der Waals surface area (Å²) in [6.07, 6.45) is 0. The van der Waals surface area contributed by atoms with E-state index in [9.17, 15) is 0 Å². The Bertz CT molecular complexity index is 200. The maximum Gasteiger partial charge on any atom is 0.456 e. The SMILES string of the molecule is CB(O)O.CB1OCC(C)(C)CO1.CB1OCO1. The third kappa shape index (κ3) is 11.1. The number of hydrogen-bond acceptors (Lipinski definition) is 6. The molecule has 2 heterocycles. The molecule has 18 heavy (non-hydrogen) atoms. The van der Waals surface area contributed by atoms with Crippen molar-refractivity contribution in [1.29, 1.82) is 0 Å². The van der Waals surface area contributed by atoms with Gasteiger partial charge in [-0.05, 0) is 20.5 Å². The molecule has 2 saturated heterocycles. The maximum absolute atomic E-state index is 7.61. The van der Waals surface area contributed by atoms with E-state index in [0.717, 1.165) is 13.2 Å². The van der Waals surface area contributed by atoms with E-state index in [1.807, 2.05) is 13.6 Å². The molecule has 0 aliphatic carbocycles. The van der Waals surface area contributed by atoms with Crippen molar-refractivity contribution < 1.29 is 28.7 Å². The predicted octanol–water partition coefficient (Wildman–Crippen LogP) is 0.375. The van der Waals surface area contributed by atoms with Crippen LogP contribution in [0, 0.1) is 5.41 Å². The van der Waals surface area contributed by atoms with Crippen LogP contribution >= 0.6 is 0 Å². The average Bonchev–Trinajstić information content (AvgIpc) is 2.20. The smallest absolute Gasteiger partial charge is 0.427 e. The van der Waals surface area contributed by atoms with E-state index in [-0.39, 0.29) is 19.7 Å². The van der Waals surface area contributed by atoms with Crippen LogP contribution in [0.1, 0.15) is 13.8 Å². The van der Waals surface area contributed by atoms with Gasteiger partial charge in [-0.15, -0.1) is 0 Å². The van der Waals surface area contributed by atoms with E-state index in [4.69, 9.17) is 28.7 Å². The van der Waals surface area contributed by atoms with Crippen molar-refractivity contribution in [3.63, 3.8) is 0 Å². The van der Waals surface area contributed by atoms with Gasteiger partial charge in [-0.2, -0.15) is 0 Å². The zero-order valence-corrected chi connectivity index (χ0v) is 11.9. The fourth-order valence-corrected chi connectivity index (χ4v) is 0.980. The van der Waals surface area contributed by atoms with Crippen LogP contribution in [0.4, 0.5) is 0 Å². The Morgan fingerprint density at radius 1 is 0.944 bits per heavy atom. The summed E-state index contributed by atoms with van der Waals surface area (Å²) >= 11 is 0. The highest BCUT2D eigenvalue weighted by molar-refractivity contribution is 6.44. The molecule has 0 spiro atoms. The van der Waals surface area contributed by atoms with Gasteiger partial charge in [0.1, 0.15) is 6.79 Å². The standard InChI is InChI=1S/C6H13BO2.C2H5BO2.CH5BO2/c1-6(2)4-8-7(3)9-5-6;1-3-4-2-5-3;1-2(3)4/h4-5H2,1-3H3;2H2,1H3;3-4H,1H3. The molecule has 0 radical (unpaired) electrons. The lowest BCUT2D eigenvalue weighted by atomic mass is 9.86. The molecule has 0 amide bonds. The van der Waals surface area contributed by atoms with Crippen molar-refractivity contribution in [2.24, 2.45) is 5.41 Å². The first kappa shape index (κ1) is 18.0. The van der Waals surface area contributed by atoms with Crippen molar-refractivity contribution in [1.82, 2.24) is 0 Å². The molecular formula is C9H23B3O6. The van der Waals surface area contributed by atoms with Gasteiger partial charge in [-0.25, -0.2) is 0 Å². The topological polar surface area (TPSA) is 77.4 Å². The second-order valence-corrected chi connectivity index (χ2v) is 5.00. The van der Waals surface area contributed by atoms with E-state index in [1.54, 1.807) is 0 Å². The summed E-state index contributed by atoms with van der Waals surface area (Å²) in [6.45, 7) is 11.5. The Balaban J connectivity index is 0.000000272. The maximum atomic E-state index is 7.61. The summed E-state index contributed by atoms with van der Waals surface area (Å²) in [4.78, 5) is 0. The van der Waals surface area contributed by atoms with E-state index in [1.165, 1.54) is 6.82 Å². The van der Waals surface area contributed by atoms with Crippen LogP contribution < -0.4 is 0 Å². The summed E-state index contributed by atoms with van der Waals surface area (Å²) in [6, 6.07) is 0. The third-order valence-corrected chi connectivity index (χ3v) is 2.02. The van der Waals surface area contributed by atoms with E-state index in [2.05, 4.69) is 13.8 Å². The van der Waals surface area contributed by atoms with Crippen LogP contribution in [0.2, 0.25) is 20.5 Å². The third-order valence-electron chi connectivity index (χ3n) is 2.02. The zero-order valence-electron chi connectivity index (χ0n) is 11.9. The minimum atomic E-state index is -1.17. The zero-order chi connectivity index (χ0) is 14.2. The van der Waals surface area contributed by atoms with Crippen molar-refractivity contribution in [3.05, 3.63) is 0 Å². The summed E-state index contributed by atoms with van der Waals surface area (Å²) in [5.74, 6) is 0. The average molecular weight is 260 g/mol. The highest BCUT2D eigenvalue weighted by Crippen LogP contribution is 2.20. The Hall–Kier alpha value is -0.0452. The number of rotatable bonds is 0. The van der Waals surface area contributed by atoms with Crippen LogP contribution in [0.5, 0.6) is 0 Å². The Labute approximate surface area is 110 Å². The second-order valence-electron chi connectivity index (χ2n) is 5.00. The van der Waals surface area contributed by atoms with Gasteiger partial charge < -0.3 is 28.7 Å². The molecule has 0 bridgehead atoms. The summed E-state index contributed by atoms with van der Waals surface area (Å²) in [7, 11) is -1.10. The molecule has 2 rings (SSSR count). The minimum absolute atomic E-state index is 0.00183. The van der Waals surface area contributed by atoms with Crippen LogP contribution in [0.3, 0.4) is 0 Å². The molecule has 9 heteroatoms. The van der Waals surface area contributed by atoms with Gasteiger partial charge in [0.05, 0.1) is 0 Å². The largest absolute Gasteiger partial charge is 0.456 e. The quantitative estimate of drug-likeness (QED) is 0.613. The Kier molecular flexibility index (Phi) is 8.93. The minimum Gasteiger partial charge on any atom is -0.427 e. The Morgan fingerprint density at radius 3 is 1.44 bits per heavy atom. The molecule has 0 aromatic carbocycles. The van der Waals surface area contributed by atoms with Gasteiger partial charge in [0, 0.05) is 18.6 Å². The molecule has 0 saturated carbocycles. The van der Waals surface area contributed by atoms with Gasteiger partial charge in [-0.3, -0.25) is 0 Å². The molecular weight excluding hydrogens is 237 g/mol. The highest BCUT2D eigenvalue weighted by atomic mass is 16.8. The summed E-state index contributed by atoms with van der Waals surface area (Å²) < 4.78 is 20.0. The monoisotopic (exact) mass is 260 g/mol. The molecule has 2 aliphatic rings. The molecule has 0 aromatic heterocycles. The molecule has 0 aromatic rings. The fourth-order valence-electron chi connectivity index (χ4n) is 0.980. The molecule has 2 N–H and O–H groups in total. The van der Waals surface area contributed by atoms with Gasteiger partial charge >= 0.3 is 21.4 Å². The molecule has 2 aliphatic heterocycles. The predicted molar refractivity (Wildman–Crippen MR) is 72.0 cm³/mol. The number of hydrogen-bond donors (Lipinski definition) is 2. The van der Waals surface area contributed by atoms with Crippen molar-refractivity contribution >= 4 is 21.4 Å². The lowest BCUT2D eigenvalue weighted by Crippen LogP contribution is -2.38. The first-order valence-corrected chi connectivity index (χ1v) is 6.05. The van der Waals surface area contributed by atoms with Gasteiger partial charge in [0.15, 0.2) is 0 Å². The second kappa shape index (κ2) is 8.95. The summed E-state index contributed by atoms with van der Waals surface area (Å²) in [5.41, 5.74) is 0.215. The van der Waals surface area contributed by atoms with Crippen molar-refractivity contribution in [2.75, 3.05) is 20.0 Å². The van der Waals surface area contributed by atoms with Crippen LogP contribution in [0.25, 0.3) is 0 Å². The van der Waals surface area contributed by atoms with Crippen LogP contribution in [-0.4, -0.2) is 51.4 Å². The van der Waals surface area contributed by atoms with Crippen LogP contribution in [-0.2, 0) is 18.6 Å². The fraction of sp³-hybridized carbons (Fsp3) is 1.00.